The molecule has 3 heterocycles. The topological polar surface area (TPSA) is 84.2 Å². The molecular weight excluding hydrogens is 342 g/mol. The van der Waals surface area contributed by atoms with E-state index in [1.54, 1.807) is 18.0 Å². The van der Waals surface area contributed by atoms with Crippen molar-refractivity contribution in [1.29, 1.82) is 0 Å². The molecule has 0 radical (unpaired) electrons. The Kier molecular flexibility index (Phi) is 4.58. The standard InChI is InChI=1S/C20H21N5O2/c1-13-8-9-15(12-16(13)17-6-3-4-10-21-17)22-20(26)25-11-5-7-18(25)19-24-23-14(2)27-19/h3-4,6,8-10,12,18H,5,7,11H2,1-2H3,(H,22,26). The fraction of sp³-hybridized carbons (Fsp3) is 0.300. The Morgan fingerprint density at radius 3 is 2.85 bits per heavy atom. The Labute approximate surface area is 157 Å². The second-order valence-corrected chi connectivity index (χ2v) is 6.69. The van der Waals surface area contributed by atoms with Crippen molar-refractivity contribution in [1.82, 2.24) is 20.1 Å². The van der Waals surface area contributed by atoms with Gasteiger partial charge in [0.1, 0.15) is 6.04 Å². The van der Waals surface area contributed by atoms with Crippen LogP contribution in [0, 0.1) is 13.8 Å². The van der Waals surface area contributed by atoms with Crippen LogP contribution in [0.1, 0.15) is 36.2 Å². The summed E-state index contributed by atoms with van der Waals surface area (Å²) in [5.41, 5.74) is 3.72. The highest BCUT2D eigenvalue weighted by Gasteiger charge is 2.33. The third-order valence-electron chi connectivity index (χ3n) is 4.77. The number of amides is 2. The molecule has 0 saturated carbocycles. The number of aryl methyl sites for hydroxylation is 2. The maximum atomic E-state index is 12.8. The van der Waals surface area contributed by atoms with Gasteiger partial charge in [0, 0.05) is 30.9 Å². The van der Waals surface area contributed by atoms with Crippen molar-refractivity contribution >= 4 is 11.7 Å². The van der Waals surface area contributed by atoms with E-state index in [9.17, 15) is 4.79 Å². The number of nitrogens with one attached hydrogen (secondary N) is 1. The zero-order chi connectivity index (χ0) is 18.8. The smallest absolute Gasteiger partial charge is 0.322 e. The van der Waals surface area contributed by atoms with E-state index in [1.807, 2.05) is 43.3 Å². The Morgan fingerprint density at radius 1 is 1.22 bits per heavy atom. The Balaban J connectivity index is 1.54. The first-order valence-electron chi connectivity index (χ1n) is 9.01. The quantitative estimate of drug-likeness (QED) is 0.757. The molecule has 1 N–H and O–H groups in total. The van der Waals surface area contributed by atoms with Gasteiger partial charge in [-0.05, 0) is 49.6 Å². The molecular formula is C20H21N5O2. The van der Waals surface area contributed by atoms with Gasteiger partial charge in [-0.2, -0.15) is 0 Å². The van der Waals surface area contributed by atoms with E-state index in [-0.39, 0.29) is 12.1 Å². The van der Waals surface area contributed by atoms with Crippen molar-refractivity contribution in [3.05, 3.63) is 59.9 Å². The van der Waals surface area contributed by atoms with E-state index in [1.165, 1.54) is 0 Å². The first kappa shape index (κ1) is 17.2. The number of hydrogen-bond acceptors (Lipinski definition) is 5. The summed E-state index contributed by atoms with van der Waals surface area (Å²) in [5.74, 6) is 1.01. The highest BCUT2D eigenvalue weighted by molar-refractivity contribution is 5.90. The van der Waals surface area contributed by atoms with Gasteiger partial charge in [-0.25, -0.2) is 4.79 Å². The molecule has 1 fully saturated rings. The van der Waals surface area contributed by atoms with Crippen molar-refractivity contribution in [2.45, 2.75) is 32.7 Å². The zero-order valence-electron chi connectivity index (χ0n) is 15.3. The average molecular weight is 363 g/mol. The van der Waals surface area contributed by atoms with Crippen molar-refractivity contribution in [3.63, 3.8) is 0 Å². The van der Waals surface area contributed by atoms with Gasteiger partial charge in [-0.3, -0.25) is 4.98 Å². The van der Waals surface area contributed by atoms with Crippen LogP contribution in [0.25, 0.3) is 11.3 Å². The van der Waals surface area contributed by atoms with Crippen LogP contribution in [-0.4, -0.2) is 32.7 Å². The molecule has 7 heteroatoms. The minimum absolute atomic E-state index is 0.163. The van der Waals surface area contributed by atoms with Gasteiger partial charge in [-0.1, -0.05) is 12.1 Å². The molecule has 4 rings (SSSR count). The highest BCUT2D eigenvalue weighted by Crippen LogP contribution is 2.32. The van der Waals surface area contributed by atoms with Gasteiger partial charge in [-0.15, -0.1) is 10.2 Å². The molecule has 2 aromatic heterocycles. The lowest BCUT2D eigenvalue weighted by Crippen LogP contribution is -2.34. The molecule has 27 heavy (non-hydrogen) atoms. The predicted octanol–water partition coefficient (Wildman–Crippen LogP) is 4.12. The van der Waals surface area contributed by atoms with Crippen LogP contribution in [0.2, 0.25) is 0 Å². The van der Waals surface area contributed by atoms with E-state index in [4.69, 9.17) is 4.42 Å². The summed E-state index contributed by atoms with van der Waals surface area (Å²) in [6.07, 6.45) is 3.50. The number of nitrogens with zero attached hydrogens (tertiary/aromatic N) is 4. The lowest BCUT2D eigenvalue weighted by Gasteiger charge is -2.22. The highest BCUT2D eigenvalue weighted by atomic mass is 16.4. The van der Waals surface area contributed by atoms with E-state index in [0.717, 1.165) is 35.3 Å². The number of urea groups is 1. The molecule has 1 aliphatic heterocycles. The van der Waals surface area contributed by atoms with Crippen molar-refractivity contribution in [2.24, 2.45) is 0 Å². The summed E-state index contributed by atoms with van der Waals surface area (Å²) in [5, 5.41) is 11.0. The van der Waals surface area contributed by atoms with Gasteiger partial charge in [0.2, 0.25) is 11.8 Å². The lowest BCUT2D eigenvalue weighted by molar-refractivity contribution is 0.197. The third-order valence-corrected chi connectivity index (χ3v) is 4.77. The molecule has 1 aromatic carbocycles. The van der Waals surface area contributed by atoms with E-state index in [0.29, 0.717) is 18.3 Å². The molecule has 0 bridgehead atoms. The van der Waals surface area contributed by atoms with Crippen molar-refractivity contribution in [2.75, 3.05) is 11.9 Å². The van der Waals surface area contributed by atoms with E-state index >= 15 is 0 Å². The molecule has 7 nitrogen and oxygen atoms in total. The maximum absolute atomic E-state index is 12.8. The number of anilines is 1. The molecule has 1 saturated heterocycles. The van der Waals surface area contributed by atoms with Crippen LogP contribution in [0.3, 0.4) is 0 Å². The normalized spacial score (nSPS) is 16.5. The summed E-state index contributed by atoms with van der Waals surface area (Å²) in [6.45, 7) is 4.45. The fourth-order valence-corrected chi connectivity index (χ4v) is 3.41. The summed E-state index contributed by atoms with van der Waals surface area (Å²) in [7, 11) is 0. The molecule has 2 amide bonds. The van der Waals surface area contributed by atoms with Crippen molar-refractivity contribution < 1.29 is 9.21 Å². The summed E-state index contributed by atoms with van der Waals surface area (Å²) in [4.78, 5) is 19.0. The first-order chi connectivity index (χ1) is 13.1. The second-order valence-electron chi connectivity index (χ2n) is 6.69. The average Bonchev–Trinajstić information content (AvgIpc) is 3.33. The third kappa shape index (κ3) is 3.53. The number of likely N-dealkylation sites (tertiary alicyclic amines) is 1. The molecule has 0 aliphatic carbocycles. The number of aromatic nitrogens is 3. The Bertz CT molecular complexity index is 954. The van der Waals surface area contributed by atoms with Gasteiger partial charge < -0.3 is 14.6 Å². The lowest BCUT2D eigenvalue weighted by atomic mass is 10.0. The molecule has 1 atom stereocenters. The second kappa shape index (κ2) is 7.19. The van der Waals surface area contributed by atoms with Crippen LogP contribution in [-0.2, 0) is 0 Å². The zero-order valence-corrected chi connectivity index (χ0v) is 15.3. The number of carbonyl (C=O) groups is 1. The number of pyridine rings is 1. The van der Waals surface area contributed by atoms with Gasteiger partial charge in [0.05, 0.1) is 5.69 Å². The largest absolute Gasteiger partial charge is 0.423 e. The number of rotatable bonds is 3. The SMILES string of the molecule is Cc1nnc(C2CCCN2C(=O)Nc2ccc(C)c(-c3ccccn3)c2)o1. The monoisotopic (exact) mass is 363 g/mol. The Hall–Kier alpha value is -3.22. The van der Waals surface area contributed by atoms with Crippen LogP contribution in [0.5, 0.6) is 0 Å². The molecule has 3 aromatic rings. The minimum atomic E-state index is -0.174. The van der Waals surface area contributed by atoms with Crippen LogP contribution in [0.15, 0.2) is 47.0 Å². The number of carbonyl (C=O) groups excluding carboxylic acids is 1. The molecule has 1 unspecified atom stereocenters. The first-order valence-corrected chi connectivity index (χ1v) is 9.01. The van der Waals surface area contributed by atoms with Crippen LogP contribution in [0.4, 0.5) is 10.5 Å². The Morgan fingerprint density at radius 2 is 2.11 bits per heavy atom. The van der Waals surface area contributed by atoms with E-state index in [2.05, 4.69) is 20.5 Å². The summed E-state index contributed by atoms with van der Waals surface area (Å²) in [6, 6.07) is 11.3. The van der Waals surface area contributed by atoms with Gasteiger partial charge in [0.15, 0.2) is 0 Å². The molecule has 1 aliphatic rings. The fourth-order valence-electron chi connectivity index (χ4n) is 3.41. The summed E-state index contributed by atoms with van der Waals surface area (Å²) < 4.78 is 5.54. The van der Waals surface area contributed by atoms with Crippen molar-refractivity contribution in [3.8, 4) is 11.3 Å². The van der Waals surface area contributed by atoms with E-state index < -0.39 is 0 Å². The van der Waals surface area contributed by atoms with Crippen LogP contribution < -0.4 is 5.32 Å². The van der Waals surface area contributed by atoms with Gasteiger partial charge in [0.25, 0.3) is 0 Å². The van der Waals surface area contributed by atoms with Crippen LogP contribution >= 0.6 is 0 Å². The number of benzene rings is 1. The molecule has 138 valence electrons. The summed E-state index contributed by atoms with van der Waals surface area (Å²) >= 11 is 0. The molecule has 0 spiro atoms. The van der Waals surface area contributed by atoms with Gasteiger partial charge >= 0.3 is 6.03 Å². The minimum Gasteiger partial charge on any atom is -0.423 e. The number of hydrogen-bond donors (Lipinski definition) is 1. The predicted molar refractivity (Wildman–Crippen MR) is 101 cm³/mol. The maximum Gasteiger partial charge on any atom is 0.322 e.